The molecule has 0 aliphatic heterocycles. The summed E-state index contributed by atoms with van der Waals surface area (Å²) in [6.07, 6.45) is 25.1. The van der Waals surface area contributed by atoms with Crippen LogP contribution in [0.4, 0.5) is 0 Å². The van der Waals surface area contributed by atoms with Crippen LogP contribution in [-0.4, -0.2) is 10.7 Å². The van der Waals surface area contributed by atoms with E-state index in [4.69, 9.17) is 0 Å². The Balaban J connectivity index is 1.23. The maximum Gasteiger partial charge on any atom is 0.0657 e. The second-order valence-electron chi connectivity index (χ2n) is 13.2. The SMILES string of the molecule is CC12CCC3C(CC=C4C[C@@](C)(O)CC[C@@]43C)C1CCC2CCCCC1CCCC1. The van der Waals surface area contributed by atoms with Crippen LogP contribution >= 0.6 is 0 Å². The van der Waals surface area contributed by atoms with Crippen molar-refractivity contribution < 1.29 is 5.11 Å². The highest BCUT2D eigenvalue weighted by atomic mass is 16.3. The minimum atomic E-state index is -0.460. The zero-order valence-corrected chi connectivity index (χ0v) is 20.2. The molecule has 4 saturated carbocycles. The first-order valence-corrected chi connectivity index (χ1v) is 13.7. The minimum Gasteiger partial charge on any atom is -0.390 e. The predicted molar refractivity (Wildman–Crippen MR) is 126 cm³/mol. The molecule has 1 heteroatoms. The van der Waals surface area contributed by atoms with E-state index >= 15 is 0 Å². The topological polar surface area (TPSA) is 20.2 Å². The van der Waals surface area contributed by atoms with Gasteiger partial charge in [0.25, 0.3) is 0 Å². The number of allylic oxidation sites excluding steroid dienone is 1. The smallest absolute Gasteiger partial charge is 0.0657 e. The van der Waals surface area contributed by atoms with Crippen molar-refractivity contribution in [2.45, 2.75) is 129 Å². The lowest BCUT2D eigenvalue weighted by Gasteiger charge is -2.59. The normalized spacial score (nSPS) is 48.7. The summed E-state index contributed by atoms with van der Waals surface area (Å²) in [5.74, 6) is 4.84. The molecule has 0 spiro atoms. The summed E-state index contributed by atoms with van der Waals surface area (Å²) in [5.41, 5.74) is 2.16. The van der Waals surface area contributed by atoms with E-state index in [-0.39, 0.29) is 0 Å². The molecule has 5 aliphatic carbocycles. The molecule has 7 atom stereocenters. The van der Waals surface area contributed by atoms with Gasteiger partial charge in [0.2, 0.25) is 0 Å². The number of rotatable bonds is 5. The van der Waals surface area contributed by atoms with Gasteiger partial charge in [0.15, 0.2) is 0 Å². The summed E-state index contributed by atoms with van der Waals surface area (Å²) in [7, 11) is 0. The van der Waals surface area contributed by atoms with Crippen molar-refractivity contribution in [1.82, 2.24) is 0 Å². The lowest BCUT2D eigenvalue weighted by atomic mass is 9.46. The van der Waals surface area contributed by atoms with Crippen LogP contribution in [0.5, 0.6) is 0 Å². The quantitative estimate of drug-likeness (QED) is 0.357. The van der Waals surface area contributed by atoms with Crippen LogP contribution < -0.4 is 0 Å². The van der Waals surface area contributed by atoms with E-state index in [0.717, 1.165) is 42.4 Å². The second kappa shape index (κ2) is 7.93. The van der Waals surface area contributed by atoms with Crippen LogP contribution in [0.1, 0.15) is 124 Å². The van der Waals surface area contributed by atoms with Gasteiger partial charge >= 0.3 is 0 Å². The molecule has 0 amide bonds. The fraction of sp³-hybridized carbons (Fsp3) is 0.931. The van der Waals surface area contributed by atoms with Gasteiger partial charge in [0.05, 0.1) is 5.60 Å². The Kier molecular flexibility index (Phi) is 5.69. The molecule has 30 heavy (non-hydrogen) atoms. The summed E-state index contributed by atoms with van der Waals surface area (Å²) < 4.78 is 0. The molecule has 0 heterocycles. The molecule has 5 rings (SSSR count). The summed E-state index contributed by atoms with van der Waals surface area (Å²) >= 11 is 0. The van der Waals surface area contributed by atoms with Crippen molar-refractivity contribution in [3.63, 3.8) is 0 Å². The third-order valence-corrected chi connectivity index (χ3v) is 11.5. The van der Waals surface area contributed by atoms with Crippen molar-refractivity contribution in [2.24, 2.45) is 40.4 Å². The number of hydrogen-bond acceptors (Lipinski definition) is 1. The van der Waals surface area contributed by atoms with Crippen LogP contribution in [0.3, 0.4) is 0 Å². The molecule has 1 nitrogen and oxygen atoms in total. The van der Waals surface area contributed by atoms with E-state index in [2.05, 4.69) is 26.8 Å². The zero-order chi connectivity index (χ0) is 21.0. The molecule has 0 aromatic carbocycles. The summed E-state index contributed by atoms with van der Waals surface area (Å²) in [6.45, 7) is 7.34. The molecule has 4 fully saturated rings. The second-order valence-corrected chi connectivity index (χ2v) is 13.2. The van der Waals surface area contributed by atoms with Crippen molar-refractivity contribution in [1.29, 1.82) is 0 Å². The van der Waals surface area contributed by atoms with E-state index in [1.807, 2.05) is 0 Å². The van der Waals surface area contributed by atoms with Gasteiger partial charge in [-0.15, -0.1) is 0 Å². The van der Waals surface area contributed by atoms with E-state index in [0.29, 0.717) is 10.8 Å². The fourth-order valence-corrected chi connectivity index (χ4v) is 9.51. The van der Waals surface area contributed by atoms with Crippen molar-refractivity contribution in [2.75, 3.05) is 0 Å². The average molecular weight is 413 g/mol. The third-order valence-electron chi connectivity index (χ3n) is 11.5. The first-order valence-electron chi connectivity index (χ1n) is 13.7. The Morgan fingerprint density at radius 3 is 2.43 bits per heavy atom. The largest absolute Gasteiger partial charge is 0.390 e. The summed E-state index contributed by atoms with van der Waals surface area (Å²) in [6, 6.07) is 0. The first-order chi connectivity index (χ1) is 14.3. The van der Waals surface area contributed by atoms with E-state index in [1.165, 1.54) is 89.9 Å². The average Bonchev–Trinajstić information content (AvgIpc) is 3.33. The highest BCUT2D eigenvalue weighted by Gasteiger charge is 2.58. The highest BCUT2D eigenvalue weighted by Crippen LogP contribution is 2.67. The lowest BCUT2D eigenvalue weighted by Crippen LogP contribution is -2.51. The Labute approximate surface area is 186 Å². The van der Waals surface area contributed by atoms with Gasteiger partial charge in [-0.1, -0.05) is 70.4 Å². The zero-order valence-electron chi connectivity index (χ0n) is 20.2. The van der Waals surface area contributed by atoms with Gasteiger partial charge in [0.1, 0.15) is 0 Å². The maximum absolute atomic E-state index is 10.7. The standard InChI is InChI=1S/C29H48O/c1-27(30)18-19-29(3)23(20-27)12-14-24-25-15-13-22(28(25,2)17-16-26(24)29)11-7-6-10-21-8-4-5-9-21/h12,21-22,24-26,30H,4-11,13-20H2,1-3H3/t22?,24?,25?,26?,27-,28?,29-/m0/s1. The maximum atomic E-state index is 10.7. The monoisotopic (exact) mass is 412 g/mol. The summed E-state index contributed by atoms with van der Waals surface area (Å²) in [5, 5.41) is 10.7. The molecule has 0 aromatic heterocycles. The Bertz CT molecular complexity index is 655. The van der Waals surface area contributed by atoms with Crippen LogP contribution in [-0.2, 0) is 0 Å². The van der Waals surface area contributed by atoms with E-state index in [9.17, 15) is 5.11 Å². The molecular weight excluding hydrogens is 364 g/mol. The van der Waals surface area contributed by atoms with Gasteiger partial charge in [-0.2, -0.15) is 0 Å². The van der Waals surface area contributed by atoms with Gasteiger partial charge < -0.3 is 5.11 Å². The van der Waals surface area contributed by atoms with Crippen LogP contribution in [0.15, 0.2) is 11.6 Å². The minimum absolute atomic E-state index is 0.381. The van der Waals surface area contributed by atoms with Crippen molar-refractivity contribution in [3.8, 4) is 0 Å². The van der Waals surface area contributed by atoms with E-state index in [1.54, 1.807) is 5.57 Å². The number of hydrogen-bond donors (Lipinski definition) is 1. The van der Waals surface area contributed by atoms with Crippen LogP contribution in [0, 0.1) is 40.4 Å². The molecule has 0 aromatic rings. The van der Waals surface area contributed by atoms with Gasteiger partial charge in [-0.25, -0.2) is 0 Å². The number of unbranched alkanes of at least 4 members (excludes halogenated alkanes) is 1. The fourth-order valence-electron chi connectivity index (χ4n) is 9.51. The molecule has 0 bridgehead atoms. The Morgan fingerprint density at radius 2 is 1.63 bits per heavy atom. The van der Waals surface area contributed by atoms with Crippen molar-refractivity contribution in [3.05, 3.63) is 11.6 Å². The molecule has 0 saturated heterocycles. The lowest BCUT2D eigenvalue weighted by molar-refractivity contribution is -0.0661. The molecular formula is C29H48O. The Morgan fingerprint density at radius 1 is 0.867 bits per heavy atom. The Hall–Kier alpha value is -0.300. The molecule has 1 N–H and O–H groups in total. The van der Waals surface area contributed by atoms with Crippen molar-refractivity contribution >= 4 is 0 Å². The summed E-state index contributed by atoms with van der Waals surface area (Å²) in [4.78, 5) is 0. The molecule has 5 aliphatic rings. The van der Waals surface area contributed by atoms with Gasteiger partial charge in [0, 0.05) is 0 Å². The number of aliphatic hydroxyl groups is 1. The third kappa shape index (κ3) is 3.64. The molecule has 0 radical (unpaired) electrons. The molecule has 5 unspecified atom stereocenters. The highest BCUT2D eigenvalue weighted by molar-refractivity contribution is 5.26. The van der Waals surface area contributed by atoms with E-state index < -0.39 is 5.60 Å². The molecule has 170 valence electrons. The number of fused-ring (bicyclic) bond motifs is 5. The van der Waals surface area contributed by atoms with Gasteiger partial charge in [-0.05, 0) is 105 Å². The van der Waals surface area contributed by atoms with Crippen LogP contribution in [0.25, 0.3) is 0 Å². The van der Waals surface area contributed by atoms with Gasteiger partial charge in [-0.3, -0.25) is 0 Å². The predicted octanol–water partition coefficient (Wildman–Crippen LogP) is 8.07. The van der Waals surface area contributed by atoms with Crippen LogP contribution in [0.2, 0.25) is 0 Å². The first kappa shape index (κ1) is 21.5.